The number of Topliss-reactive ketones (excluding diaryl/α,β-unsaturated/α-hetero) is 1. The third-order valence-corrected chi connectivity index (χ3v) is 5.57. The van der Waals surface area contributed by atoms with Crippen molar-refractivity contribution in [1.29, 1.82) is 0 Å². The first-order valence-electron chi connectivity index (χ1n) is 10.1. The van der Waals surface area contributed by atoms with E-state index in [9.17, 15) is 14.0 Å². The van der Waals surface area contributed by atoms with Gasteiger partial charge in [0.1, 0.15) is 11.6 Å². The number of rotatable bonds is 6. The Hall–Kier alpha value is -3.88. The van der Waals surface area contributed by atoms with Gasteiger partial charge in [-0.05, 0) is 43.2 Å². The van der Waals surface area contributed by atoms with E-state index in [1.165, 1.54) is 48.2 Å². The molecule has 0 radical (unpaired) electrons. The molecule has 0 aliphatic carbocycles. The first kappa shape index (κ1) is 21.4. The molecule has 2 aromatic carbocycles. The van der Waals surface area contributed by atoms with Crippen molar-refractivity contribution in [2.24, 2.45) is 0 Å². The average Bonchev–Trinajstić information content (AvgIpc) is 3.44. The molecule has 1 fully saturated rings. The van der Waals surface area contributed by atoms with Crippen molar-refractivity contribution < 1.29 is 23.5 Å². The predicted octanol–water partition coefficient (Wildman–Crippen LogP) is 3.10. The quantitative estimate of drug-likeness (QED) is 0.594. The van der Waals surface area contributed by atoms with Crippen LogP contribution in [-0.2, 0) is 0 Å². The number of hydrogen-bond donors (Lipinski definition) is 1. The fourth-order valence-corrected chi connectivity index (χ4v) is 4.03. The number of hydrogen-bond acceptors (Lipinski definition) is 6. The van der Waals surface area contributed by atoms with E-state index < -0.39 is 11.9 Å². The van der Waals surface area contributed by atoms with Crippen molar-refractivity contribution in [3.05, 3.63) is 65.6 Å². The number of anilines is 1. The van der Waals surface area contributed by atoms with Gasteiger partial charge in [-0.2, -0.15) is 5.10 Å². The Morgan fingerprint density at radius 1 is 1.12 bits per heavy atom. The molecule has 1 amide bonds. The summed E-state index contributed by atoms with van der Waals surface area (Å²) in [4.78, 5) is 28.2. The summed E-state index contributed by atoms with van der Waals surface area (Å²) >= 11 is 0. The van der Waals surface area contributed by atoms with Crippen LogP contribution < -0.4 is 15.2 Å². The van der Waals surface area contributed by atoms with E-state index in [-0.39, 0.29) is 23.1 Å². The number of likely N-dealkylation sites (tertiary alicyclic amines) is 1. The van der Waals surface area contributed by atoms with E-state index in [4.69, 9.17) is 15.2 Å². The number of halogens is 1. The molecule has 1 aliphatic heterocycles. The molecular formula is C23H23FN4O4. The SMILES string of the molecule is COc1cccc(C(=O)N2CCCC2C(=O)c2cnn(-c3cccc(F)c3)c2N)c1OC. The van der Waals surface area contributed by atoms with Crippen LogP contribution in [0.5, 0.6) is 11.5 Å². The predicted molar refractivity (Wildman–Crippen MR) is 116 cm³/mol. The lowest BCUT2D eigenvalue weighted by Gasteiger charge is -2.24. The number of methoxy groups -OCH3 is 2. The minimum absolute atomic E-state index is 0.0962. The first-order valence-corrected chi connectivity index (χ1v) is 10.1. The highest BCUT2D eigenvalue weighted by Crippen LogP contribution is 2.34. The van der Waals surface area contributed by atoms with Gasteiger partial charge >= 0.3 is 0 Å². The molecule has 4 rings (SSSR count). The van der Waals surface area contributed by atoms with E-state index in [1.54, 1.807) is 24.3 Å². The zero-order valence-electron chi connectivity index (χ0n) is 17.7. The molecule has 9 heteroatoms. The van der Waals surface area contributed by atoms with Gasteiger partial charge in [-0.3, -0.25) is 9.59 Å². The molecule has 1 aliphatic rings. The van der Waals surface area contributed by atoms with Gasteiger partial charge in [0.05, 0.1) is 43.3 Å². The topological polar surface area (TPSA) is 99.7 Å². The number of ether oxygens (including phenoxy) is 2. The highest BCUT2D eigenvalue weighted by Gasteiger charge is 2.37. The third kappa shape index (κ3) is 3.66. The Balaban J connectivity index is 1.64. The number of carbonyl (C=O) groups excluding carboxylic acids is 2. The van der Waals surface area contributed by atoms with Crippen LogP contribution in [0, 0.1) is 5.82 Å². The maximum absolute atomic E-state index is 13.6. The van der Waals surface area contributed by atoms with E-state index >= 15 is 0 Å². The number of benzene rings is 2. The second kappa shape index (κ2) is 8.70. The van der Waals surface area contributed by atoms with Crippen LogP contribution >= 0.6 is 0 Å². The van der Waals surface area contributed by atoms with Gasteiger partial charge in [-0.1, -0.05) is 12.1 Å². The number of amides is 1. The number of aromatic nitrogens is 2. The third-order valence-electron chi connectivity index (χ3n) is 5.57. The smallest absolute Gasteiger partial charge is 0.258 e. The highest BCUT2D eigenvalue weighted by molar-refractivity contribution is 6.07. The van der Waals surface area contributed by atoms with Crippen molar-refractivity contribution in [3.8, 4) is 17.2 Å². The number of carbonyl (C=O) groups is 2. The molecule has 8 nitrogen and oxygen atoms in total. The van der Waals surface area contributed by atoms with Crippen LogP contribution in [0.2, 0.25) is 0 Å². The molecule has 2 heterocycles. The molecule has 1 unspecified atom stereocenters. The lowest BCUT2D eigenvalue weighted by atomic mass is 10.0. The van der Waals surface area contributed by atoms with Crippen LogP contribution in [0.15, 0.2) is 48.7 Å². The van der Waals surface area contributed by atoms with Gasteiger partial charge < -0.3 is 20.1 Å². The number of ketones is 1. The monoisotopic (exact) mass is 438 g/mol. The average molecular weight is 438 g/mol. The Morgan fingerprint density at radius 2 is 1.91 bits per heavy atom. The van der Waals surface area contributed by atoms with Crippen molar-refractivity contribution in [2.75, 3.05) is 26.5 Å². The van der Waals surface area contributed by atoms with Crippen LogP contribution in [0.25, 0.3) is 5.69 Å². The lowest BCUT2D eigenvalue weighted by molar-refractivity contribution is 0.0668. The molecular weight excluding hydrogens is 415 g/mol. The van der Waals surface area contributed by atoms with E-state index in [2.05, 4.69) is 5.10 Å². The van der Waals surface area contributed by atoms with Crippen molar-refractivity contribution in [3.63, 3.8) is 0 Å². The van der Waals surface area contributed by atoms with E-state index in [0.717, 1.165) is 0 Å². The number of nitrogen functional groups attached to an aromatic ring is 1. The molecule has 1 aromatic heterocycles. The van der Waals surface area contributed by atoms with Gasteiger partial charge in [-0.25, -0.2) is 9.07 Å². The maximum atomic E-state index is 13.6. The van der Waals surface area contributed by atoms with Crippen LogP contribution in [-0.4, -0.2) is 53.2 Å². The second-order valence-corrected chi connectivity index (χ2v) is 7.40. The van der Waals surface area contributed by atoms with Gasteiger partial charge in [0.25, 0.3) is 5.91 Å². The molecule has 1 atom stereocenters. The molecule has 2 N–H and O–H groups in total. The first-order chi connectivity index (χ1) is 15.5. The van der Waals surface area contributed by atoms with Gasteiger partial charge in [-0.15, -0.1) is 0 Å². The Bertz CT molecular complexity index is 1180. The maximum Gasteiger partial charge on any atom is 0.258 e. The van der Waals surface area contributed by atoms with E-state index in [0.29, 0.717) is 42.1 Å². The summed E-state index contributed by atoms with van der Waals surface area (Å²) in [7, 11) is 2.95. The summed E-state index contributed by atoms with van der Waals surface area (Å²) in [5, 5.41) is 4.16. The Labute approximate surface area is 184 Å². The zero-order chi connectivity index (χ0) is 22.8. The number of nitrogens with zero attached hydrogens (tertiary/aromatic N) is 3. The highest BCUT2D eigenvalue weighted by atomic mass is 19.1. The standard InChI is InChI=1S/C23H23FN4O4/c1-31-19-10-4-8-16(21(19)32-2)23(30)27-11-5-9-18(27)20(29)17-13-26-28(22(17)25)15-7-3-6-14(24)12-15/h3-4,6-8,10,12-13,18H,5,9,11,25H2,1-2H3. The normalized spacial score (nSPS) is 15.6. The fraction of sp³-hybridized carbons (Fsp3) is 0.261. The zero-order valence-corrected chi connectivity index (χ0v) is 17.7. The number of nitrogens with two attached hydrogens (primary N) is 1. The molecule has 0 spiro atoms. The molecule has 1 saturated heterocycles. The molecule has 32 heavy (non-hydrogen) atoms. The number of para-hydroxylation sites is 1. The second-order valence-electron chi connectivity index (χ2n) is 7.40. The van der Waals surface area contributed by atoms with Crippen molar-refractivity contribution >= 4 is 17.5 Å². The fourth-order valence-electron chi connectivity index (χ4n) is 4.03. The lowest BCUT2D eigenvalue weighted by Crippen LogP contribution is -2.40. The Morgan fingerprint density at radius 3 is 2.62 bits per heavy atom. The Kier molecular flexibility index (Phi) is 5.81. The summed E-state index contributed by atoms with van der Waals surface area (Å²) in [5.74, 6) is -0.230. The van der Waals surface area contributed by atoms with Gasteiger partial charge in [0, 0.05) is 6.54 Å². The summed E-state index contributed by atoms with van der Waals surface area (Å²) in [6.07, 6.45) is 2.53. The van der Waals surface area contributed by atoms with Gasteiger partial charge in [0.2, 0.25) is 0 Å². The minimum Gasteiger partial charge on any atom is -0.493 e. The summed E-state index contributed by atoms with van der Waals surface area (Å²) in [6.45, 7) is 0.424. The van der Waals surface area contributed by atoms with Gasteiger partial charge in [0.15, 0.2) is 17.3 Å². The van der Waals surface area contributed by atoms with Crippen LogP contribution in [0.4, 0.5) is 10.2 Å². The molecule has 166 valence electrons. The molecule has 0 bridgehead atoms. The largest absolute Gasteiger partial charge is 0.493 e. The minimum atomic E-state index is -0.689. The molecule has 3 aromatic rings. The summed E-state index contributed by atoms with van der Waals surface area (Å²) in [6, 6.07) is 10.1. The van der Waals surface area contributed by atoms with Crippen molar-refractivity contribution in [2.45, 2.75) is 18.9 Å². The summed E-state index contributed by atoms with van der Waals surface area (Å²) < 4.78 is 25.6. The van der Waals surface area contributed by atoms with Crippen LogP contribution in [0.3, 0.4) is 0 Å². The van der Waals surface area contributed by atoms with E-state index in [1.807, 2.05) is 0 Å². The van der Waals surface area contributed by atoms with Crippen LogP contribution in [0.1, 0.15) is 33.6 Å². The molecule has 0 saturated carbocycles. The van der Waals surface area contributed by atoms with Crippen molar-refractivity contribution in [1.82, 2.24) is 14.7 Å². The summed E-state index contributed by atoms with van der Waals surface area (Å²) in [5.41, 5.74) is 7.10.